The van der Waals surface area contributed by atoms with Crippen LogP contribution >= 0.6 is 11.6 Å². The highest BCUT2D eigenvalue weighted by atomic mass is 35.5. The highest BCUT2D eigenvalue weighted by Crippen LogP contribution is 2.48. The van der Waals surface area contributed by atoms with Crippen molar-refractivity contribution in [2.45, 2.75) is 42.4 Å². The molecule has 1 amide bonds. The number of hydrogen-bond donors (Lipinski definition) is 2. The molecular weight excluding hydrogens is 467 g/mol. The molecule has 0 saturated heterocycles. The summed E-state index contributed by atoms with van der Waals surface area (Å²) in [6.07, 6.45) is 0.868. The van der Waals surface area contributed by atoms with Gasteiger partial charge in [-0.2, -0.15) is 0 Å². The SMILES string of the molecule is C[C@H]1CC2C[C@@H](S(=O)(=O)c3cc(C(=O)Nc4cc(F)c(F)c(F)c4)ccc3Cl)C[C@H]1[C@@H]2O. The second-order valence-electron chi connectivity index (χ2n) is 8.62. The fourth-order valence-corrected chi connectivity index (χ4v) is 7.36. The first kappa shape index (κ1) is 23.1. The zero-order valence-electron chi connectivity index (χ0n) is 17.0. The normalized spacial score (nSPS) is 27.4. The van der Waals surface area contributed by atoms with E-state index < -0.39 is 44.5 Å². The Labute approximate surface area is 188 Å². The van der Waals surface area contributed by atoms with E-state index in [2.05, 4.69) is 5.32 Å². The van der Waals surface area contributed by atoms with Crippen LogP contribution in [0, 0.1) is 35.2 Å². The number of nitrogens with one attached hydrogen (secondary N) is 1. The Balaban J connectivity index is 1.61. The van der Waals surface area contributed by atoms with Crippen molar-refractivity contribution in [3.8, 4) is 0 Å². The van der Waals surface area contributed by atoms with Gasteiger partial charge in [-0.1, -0.05) is 18.5 Å². The fraction of sp³-hybridized carbons (Fsp3) is 0.409. The highest BCUT2D eigenvalue weighted by Gasteiger charge is 2.49. The van der Waals surface area contributed by atoms with Crippen LogP contribution in [0.3, 0.4) is 0 Å². The summed E-state index contributed by atoms with van der Waals surface area (Å²) >= 11 is 6.17. The maximum absolute atomic E-state index is 13.4. The van der Waals surface area contributed by atoms with Crippen molar-refractivity contribution in [2.24, 2.45) is 17.8 Å². The summed E-state index contributed by atoms with van der Waals surface area (Å²) in [6.45, 7) is 2.00. The minimum absolute atomic E-state index is 0.0491. The minimum Gasteiger partial charge on any atom is -0.393 e. The van der Waals surface area contributed by atoms with Crippen LogP contribution in [-0.2, 0) is 9.84 Å². The number of hydrogen-bond acceptors (Lipinski definition) is 4. The third kappa shape index (κ3) is 4.02. The topological polar surface area (TPSA) is 83.5 Å². The summed E-state index contributed by atoms with van der Waals surface area (Å²) < 4.78 is 66.7. The molecule has 5 nitrogen and oxygen atoms in total. The third-order valence-corrected chi connectivity index (χ3v) is 9.26. The van der Waals surface area contributed by atoms with Crippen molar-refractivity contribution in [2.75, 3.05) is 5.32 Å². The van der Waals surface area contributed by atoms with Gasteiger partial charge in [-0.05, 0) is 55.2 Å². The molecule has 4 rings (SSSR count). The van der Waals surface area contributed by atoms with E-state index in [-0.39, 0.29) is 38.9 Å². The number of sulfone groups is 1. The van der Waals surface area contributed by atoms with Crippen molar-refractivity contribution in [3.05, 3.63) is 58.4 Å². The first-order valence-electron chi connectivity index (χ1n) is 10.2. The Kier molecular flexibility index (Phi) is 6.02. The number of anilines is 1. The molecule has 32 heavy (non-hydrogen) atoms. The van der Waals surface area contributed by atoms with Crippen LogP contribution in [0.2, 0.25) is 5.02 Å². The lowest BCUT2D eigenvalue weighted by molar-refractivity contribution is 0.0552. The van der Waals surface area contributed by atoms with Crippen molar-refractivity contribution < 1.29 is 31.5 Å². The monoisotopic (exact) mass is 487 g/mol. The lowest BCUT2D eigenvalue weighted by atomic mass is 9.84. The largest absolute Gasteiger partial charge is 0.393 e. The molecule has 2 fully saturated rings. The van der Waals surface area contributed by atoms with Gasteiger partial charge in [-0.15, -0.1) is 0 Å². The van der Waals surface area contributed by atoms with Crippen LogP contribution < -0.4 is 5.32 Å². The van der Waals surface area contributed by atoms with Crippen molar-refractivity contribution in [3.63, 3.8) is 0 Å². The molecule has 1 unspecified atom stereocenters. The third-order valence-electron chi connectivity index (χ3n) is 6.61. The molecule has 0 aromatic heterocycles. The van der Waals surface area contributed by atoms with E-state index in [4.69, 9.17) is 11.6 Å². The van der Waals surface area contributed by atoms with Gasteiger partial charge < -0.3 is 10.4 Å². The lowest BCUT2D eigenvalue weighted by Gasteiger charge is -2.32. The van der Waals surface area contributed by atoms with Crippen molar-refractivity contribution in [1.82, 2.24) is 0 Å². The number of benzene rings is 2. The van der Waals surface area contributed by atoms with Gasteiger partial charge in [-0.3, -0.25) is 4.79 Å². The van der Waals surface area contributed by atoms with Gasteiger partial charge >= 0.3 is 0 Å². The average molecular weight is 488 g/mol. The van der Waals surface area contributed by atoms with Gasteiger partial charge in [0.05, 0.1) is 21.3 Å². The Bertz CT molecular complexity index is 1170. The summed E-state index contributed by atoms with van der Waals surface area (Å²) in [6, 6.07) is 4.91. The summed E-state index contributed by atoms with van der Waals surface area (Å²) in [4.78, 5) is 12.4. The Hall–Kier alpha value is -2.10. The second kappa shape index (κ2) is 8.35. The van der Waals surface area contributed by atoms with Crippen LogP contribution in [0.1, 0.15) is 36.5 Å². The number of carbonyl (C=O) groups excluding carboxylic acids is 1. The molecule has 2 aliphatic rings. The van der Waals surface area contributed by atoms with E-state index in [1.165, 1.54) is 12.1 Å². The van der Waals surface area contributed by atoms with Gasteiger partial charge in [0.15, 0.2) is 27.3 Å². The summed E-state index contributed by atoms with van der Waals surface area (Å²) in [5.74, 6) is -5.43. The molecule has 2 aromatic rings. The molecule has 0 spiro atoms. The van der Waals surface area contributed by atoms with Crippen LogP contribution in [0.15, 0.2) is 35.2 Å². The Morgan fingerprint density at radius 2 is 1.75 bits per heavy atom. The lowest BCUT2D eigenvalue weighted by Crippen LogP contribution is -2.38. The van der Waals surface area contributed by atoms with Gasteiger partial charge in [0.1, 0.15) is 0 Å². The van der Waals surface area contributed by atoms with Crippen LogP contribution in [0.4, 0.5) is 18.9 Å². The van der Waals surface area contributed by atoms with Crippen LogP contribution in [0.5, 0.6) is 0 Å². The average Bonchev–Trinajstić information content (AvgIpc) is 2.87. The van der Waals surface area contributed by atoms with Crippen LogP contribution in [-0.4, -0.2) is 30.8 Å². The van der Waals surface area contributed by atoms with E-state index in [1.807, 2.05) is 6.92 Å². The first-order valence-corrected chi connectivity index (χ1v) is 12.1. The first-order chi connectivity index (χ1) is 15.0. The highest BCUT2D eigenvalue weighted by molar-refractivity contribution is 7.92. The van der Waals surface area contributed by atoms with E-state index in [0.29, 0.717) is 25.0 Å². The molecule has 2 saturated carbocycles. The Morgan fingerprint density at radius 1 is 1.09 bits per heavy atom. The molecule has 172 valence electrons. The predicted molar refractivity (Wildman–Crippen MR) is 113 cm³/mol. The predicted octanol–water partition coefficient (Wildman–Crippen LogP) is 4.58. The minimum atomic E-state index is -3.91. The number of carbonyl (C=O) groups is 1. The summed E-state index contributed by atoms with van der Waals surface area (Å²) in [5.41, 5.74) is -0.414. The molecular formula is C22H21ClF3NO4S. The Morgan fingerprint density at radius 3 is 2.38 bits per heavy atom. The van der Waals surface area contributed by atoms with Gasteiger partial charge in [0.25, 0.3) is 5.91 Å². The van der Waals surface area contributed by atoms with E-state index in [0.717, 1.165) is 12.5 Å². The number of fused-ring (bicyclic) bond motifs is 2. The number of aliphatic hydroxyl groups excluding tert-OH is 1. The van der Waals surface area contributed by atoms with Gasteiger partial charge in [0, 0.05) is 23.4 Å². The quantitative estimate of drug-likeness (QED) is 0.618. The zero-order valence-corrected chi connectivity index (χ0v) is 18.6. The molecule has 0 heterocycles. The number of amides is 1. The van der Waals surface area contributed by atoms with Gasteiger partial charge in [0.2, 0.25) is 0 Å². The van der Waals surface area contributed by atoms with E-state index in [9.17, 15) is 31.5 Å². The molecule has 10 heteroatoms. The molecule has 2 aliphatic carbocycles. The molecule has 2 aromatic carbocycles. The van der Waals surface area contributed by atoms with E-state index in [1.54, 1.807) is 0 Å². The number of aliphatic hydroxyl groups is 1. The smallest absolute Gasteiger partial charge is 0.255 e. The maximum Gasteiger partial charge on any atom is 0.255 e. The number of halogens is 4. The van der Waals surface area contributed by atoms with E-state index >= 15 is 0 Å². The molecule has 0 radical (unpaired) electrons. The summed E-state index contributed by atoms with van der Waals surface area (Å²) in [5, 5.41) is 11.8. The fourth-order valence-electron chi connectivity index (χ4n) is 4.95. The molecule has 2 N–H and O–H groups in total. The molecule has 0 aliphatic heterocycles. The number of rotatable bonds is 4. The van der Waals surface area contributed by atoms with Crippen LogP contribution in [0.25, 0.3) is 0 Å². The van der Waals surface area contributed by atoms with Crippen molar-refractivity contribution in [1.29, 1.82) is 0 Å². The molecule has 5 atom stereocenters. The zero-order chi connectivity index (χ0) is 23.4. The standard InChI is InChI=1S/C22H21ClF3NO4S/c1-10-4-12-5-14(9-15(10)21(12)28)32(30,31)19-6-11(2-3-16(19)23)22(29)27-13-7-17(24)20(26)18(25)8-13/h2-3,6-8,10,12,14-15,21,28H,4-5,9H2,1H3,(H,27,29)/t10-,12?,14+,15+,21+/m0/s1. The summed E-state index contributed by atoms with van der Waals surface area (Å²) in [7, 11) is -3.91. The van der Waals surface area contributed by atoms with Gasteiger partial charge in [-0.25, -0.2) is 21.6 Å². The second-order valence-corrected chi connectivity index (χ2v) is 11.2. The maximum atomic E-state index is 13.4. The molecule has 2 bridgehead atoms. The van der Waals surface area contributed by atoms with Crippen molar-refractivity contribution >= 4 is 33.0 Å².